The van der Waals surface area contributed by atoms with E-state index in [4.69, 9.17) is 4.74 Å². The molecule has 0 aliphatic rings. The highest BCUT2D eigenvalue weighted by Crippen LogP contribution is 2.37. The monoisotopic (exact) mass is 357 g/mol. The maximum Gasteiger partial charge on any atom is 0.340 e. The van der Waals surface area contributed by atoms with Crippen molar-refractivity contribution in [2.24, 2.45) is 0 Å². The Bertz CT molecular complexity index is 1150. The highest BCUT2D eigenvalue weighted by atomic mass is 16.5. The molecular weight excluding hydrogens is 334 g/mol. The van der Waals surface area contributed by atoms with Gasteiger partial charge in [0.25, 0.3) is 0 Å². The third-order valence-electron chi connectivity index (χ3n) is 5.02. The van der Waals surface area contributed by atoms with Crippen LogP contribution < -0.4 is 0 Å². The van der Waals surface area contributed by atoms with Crippen LogP contribution in [0.15, 0.2) is 67.3 Å². The van der Waals surface area contributed by atoms with Gasteiger partial charge in [0.15, 0.2) is 0 Å². The number of unbranched alkanes of at least 4 members (excludes halogenated alkanes) is 1. The number of hydrogen-bond acceptors (Lipinski definition) is 2. The molecule has 0 atom stereocenters. The average Bonchev–Trinajstić information content (AvgIpc) is 3.03. The molecule has 0 N–H and O–H groups in total. The van der Waals surface area contributed by atoms with Gasteiger partial charge in [0.2, 0.25) is 0 Å². The molecule has 0 spiro atoms. The number of fused-ring (bicyclic) bond motifs is 5. The number of hydrogen-bond donors (Lipinski definition) is 0. The first kappa shape index (κ1) is 17.3. The summed E-state index contributed by atoms with van der Waals surface area (Å²) in [5, 5.41) is 4.45. The molecule has 27 heavy (non-hydrogen) atoms. The van der Waals surface area contributed by atoms with Crippen molar-refractivity contribution in [1.29, 1.82) is 0 Å². The zero-order valence-electron chi connectivity index (χ0n) is 15.6. The van der Waals surface area contributed by atoms with Gasteiger partial charge in [-0.1, -0.05) is 61.9 Å². The Morgan fingerprint density at radius 2 is 1.85 bits per heavy atom. The third-order valence-corrected chi connectivity index (χ3v) is 5.02. The first-order valence-electron chi connectivity index (χ1n) is 9.47. The van der Waals surface area contributed by atoms with Crippen LogP contribution in [0, 0.1) is 0 Å². The van der Waals surface area contributed by atoms with E-state index in [0.717, 1.165) is 45.4 Å². The number of aromatic nitrogens is 1. The van der Waals surface area contributed by atoms with Crippen molar-refractivity contribution >= 4 is 38.5 Å². The van der Waals surface area contributed by atoms with Gasteiger partial charge in [-0.05, 0) is 29.3 Å². The maximum atomic E-state index is 12.9. The highest BCUT2D eigenvalue weighted by Gasteiger charge is 2.21. The molecule has 1 heterocycles. The molecule has 0 fully saturated rings. The molecule has 0 unspecified atom stereocenters. The molecule has 3 heteroatoms. The summed E-state index contributed by atoms with van der Waals surface area (Å²) in [7, 11) is 0. The average molecular weight is 357 g/mol. The van der Waals surface area contributed by atoms with Gasteiger partial charge in [-0.15, -0.1) is 6.58 Å². The van der Waals surface area contributed by atoms with Crippen LogP contribution in [0.25, 0.3) is 32.6 Å². The maximum absolute atomic E-state index is 12.9. The number of carbonyl (C=O) groups excluding carboxylic acids is 1. The lowest BCUT2D eigenvalue weighted by atomic mass is 10.00. The topological polar surface area (TPSA) is 31.2 Å². The molecule has 0 bridgehead atoms. The van der Waals surface area contributed by atoms with Gasteiger partial charge >= 0.3 is 5.97 Å². The summed E-state index contributed by atoms with van der Waals surface area (Å²) < 4.78 is 7.74. The van der Waals surface area contributed by atoms with Crippen LogP contribution in [0.5, 0.6) is 0 Å². The van der Waals surface area contributed by atoms with Crippen LogP contribution in [-0.2, 0) is 11.3 Å². The highest BCUT2D eigenvalue weighted by molar-refractivity contribution is 6.25. The number of carbonyl (C=O) groups is 1. The number of para-hydroxylation sites is 1. The second kappa shape index (κ2) is 7.28. The predicted molar refractivity (Wildman–Crippen MR) is 112 cm³/mol. The molecule has 0 aliphatic carbocycles. The molecule has 3 aromatic carbocycles. The Hall–Kier alpha value is -3.07. The standard InChI is InChI=1S/C24H23NO2/c1-3-5-15-27-24(26)20-16-17-10-6-7-11-18(17)22-19-12-8-9-13-21(19)25(14-4-2)23(20)22/h4,6-13,16H,2-3,5,14-15H2,1H3. The third kappa shape index (κ3) is 2.89. The Kier molecular flexibility index (Phi) is 4.68. The summed E-state index contributed by atoms with van der Waals surface area (Å²) in [5.74, 6) is -0.257. The second-order valence-electron chi connectivity index (χ2n) is 6.77. The molecule has 0 saturated heterocycles. The molecule has 0 aliphatic heterocycles. The van der Waals surface area contributed by atoms with E-state index in [-0.39, 0.29) is 5.97 Å². The van der Waals surface area contributed by atoms with Crippen LogP contribution in [0.2, 0.25) is 0 Å². The van der Waals surface area contributed by atoms with Crippen molar-refractivity contribution in [2.45, 2.75) is 26.3 Å². The Balaban J connectivity index is 2.09. The van der Waals surface area contributed by atoms with Crippen molar-refractivity contribution in [3.05, 3.63) is 72.8 Å². The van der Waals surface area contributed by atoms with E-state index in [2.05, 4.69) is 42.3 Å². The van der Waals surface area contributed by atoms with E-state index in [1.165, 1.54) is 0 Å². The van der Waals surface area contributed by atoms with E-state index >= 15 is 0 Å². The van der Waals surface area contributed by atoms with Crippen LogP contribution in [0.4, 0.5) is 0 Å². The fraction of sp³-hybridized carbons (Fsp3) is 0.208. The largest absolute Gasteiger partial charge is 0.462 e. The predicted octanol–water partition coefficient (Wildman–Crippen LogP) is 6.09. The normalized spacial score (nSPS) is 11.3. The van der Waals surface area contributed by atoms with E-state index < -0.39 is 0 Å². The Morgan fingerprint density at radius 1 is 1.11 bits per heavy atom. The lowest BCUT2D eigenvalue weighted by Gasteiger charge is -2.11. The van der Waals surface area contributed by atoms with Crippen LogP contribution in [-0.4, -0.2) is 17.1 Å². The molecule has 3 nitrogen and oxygen atoms in total. The van der Waals surface area contributed by atoms with Crippen LogP contribution >= 0.6 is 0 Å². The summed E-state index contributed by atoms with van der Waals surface area (Å²) >= 11 is 0. The second-order valence-corrected chi connectivity index (χ2v) is 6.77. The van der Waals surface area contributed by atoms with Gasteiger partial charge in [-0.2, -0.15) is 0 Å². The molecule has 0 radical (unpaired) electrons. The van der Waals surface area contributed by atoms with E-state index in [1.54, 1.807) is 0 Å². The number of rotatable bonds is 6. The van der Waals surface area contributed by atoms with Gasteiger partial charge in [0.05, 0.1) is 17.7 Å². The molecular formula is C24H23NO2. The molecule has 4 rings (SSSR count). The van der Waals surface area contributed by atoms with Crippen LogP contribution in [0.3, 0.4) is 0 Å². The van der Waals surface area contributed by atoms with E-state index in [9.17, 15) is 4.79 Å². The molecule has 0 saturated carbocycles. The summed E-state index contributed by atoms with van der Waals surface area (Å²) in [4.78, 5) is 12.9. The summed E-state index contributed by atoms with van der Waals surface area (Å²) in [6.07, 6.45) is 3.74. The zero-order chi connectivity index (χ0) is 18.8. The van der Waals surface area contributed by atoms with Crippen molar-refractivity contribution < 1.29 is 9.53 Å². The number of ether oxygens (including phenoxy) is 1. The minimum absolute atomic E-state index is 0.257. The van der Waals surface area contributed by atoms with Crippen molar-refractivity contribution in [3.63, 3.8) is 0 Å². The van der Waals surface area contributed by atoms with Gasteiger partial charge in [0, 0.05) is 22.8 Å². The zero-order valence-corrected chi connectivity index (χ0v) is 15.6. The number of benzene rings is 3. The van der Waals surface area contributed by atoms with E-state index in [0.29, 0.717) is 18.7 Å². The first-order chi connectivity index (χ1) is 13.3. The smallest absolute Gasteiger partial charge is 0.340 e. The summed E-state index contributed by atoms with van der Waals surface area (Å²) in [5.41, 5.74) is 2.65. The summed E-state index contributed by atoms with van der Waals surface area (Å²) in [6, 6.07) is 18.5. The number of nitrogens with zero attached hydrogens (tertiary/aromatic N) is 1. The molecule has 4 aromatic rings. The van der Waals surface area contributed by atoms with Gasteiger partial charge in [-0.25, -0.2) is 4.79 Å². The quantitative estimate of drug-likeness (QED) is 0.237. The molecule has 136 valence electrons. The first-order valence-corrected chi connectivity index (χ1v) is 9.47. The Morgan fingerprint density at radius 3 is 2.63 bits per heavy atom. The van der Waals surface area contributed by atoms with Gasteiger partial charge in [-0.3, -0.25) is 0 Å². The fourth-order valence-corrected chi connectivity index (χ4v) is 3.79. The Labute approximate surface area is 158 Å². The number of esters is 1. The number of allylic oxidation sites excluding steroid dienone is 1. The van der Waals surface area contributed by atoms with Gasteiger partial charge in [0.1, 0.15) is 0 Å². The van der Waals surface area contributed by atoms with Crippen molar-refractivity contribution in [1.82, 2.24) is 4.57 Å². The lowest BCUT2D eigenvalue weighted by molar-refractivity contribution is 0.0502. The summed E-state index contributed by atoms with van der Waals surface area (Å²) in [6.45, 7) is 7.08. The minimum Gasteiger partial charge on any atom is -0.462 e. The lowest BCUT2D eigenvalue weighted by Crippen LogP contribution is -2.09. The fourth-order valence-electron chi connectivity index (χ4n) is 3.79. The van der Waals surface area contributed by atoms with E-state index in [1.807, 2.05) is 36.4 Å². The van der Waals surface area contributed by atoms with Crippen molar-refractivity contribution in [3.8, 4) is 0 Å². The van der Waals surface area contributed by atoms with Crippen LogP contribution in [0.1, 0.15) is 30.1 Å². The minimum atomic E-state index is -0.257. The van der Waals surface area contributed by atoms with Crippen molar-refractivity contribution in [2.75, 3.05) is 6.61 Å². The molecule has 0 amide bonds. The molecule has 1 aromatic heterocycles. The SMILES string of the molecule is C=CCn1c2ccccc2c2c3ccccc3cc(C(=O)OCCCC)c21. The van der Waals surface area contributed by atoms with Gasteiger partial charge < -0.3 is 9.30 Å².